The van der Waals surface area contributed by atoms with Gasteiger partial charge in [-0.15, -0.1) is 0 Å². The van der Waals surface area contributed by atoms with E-state index in [0.717, 1.165) is 5.57 Å². The average molecular weight is 1100 g/mol. The number of ketones is 1. The molecule has 2 aliphatic carbocycles. The fourth-order valence-corrected chi connectivity index (χ4v) is 15.3. The molecular weight excluding hydrogens is 985 g/mol. The fourth-order valence-electron chi connectivity index (χ4n) is 6.70. The molecule has 2 aliphatic rings. The van der Waals surface area contributed by atoms with E-state index < -0.39 is 58.0 Å². The zero-order valence-corrected chi connectivity index (χ0v) is 57.6. The molecule has 0 N–H and O–H groups in total. The van der Waals surface area contributed by atoms with Crippen LogP contribution in [0.4, 0.5) is 0 Å². The third kappa shape index (κ3) is 23.8. The van der Waals surface area contributed by atoms with Crippen molar-refractivity contribution in [1.82, 2.24) is 0 Å². The first-order chi connectivity index (χ1) is 30.2. The Bertz CT molecular complexity index is 1600. The van der Waals surface area contributed by atoms with Gasteiger partial charge in [-0.2, -0.15) is 0 Å². The van der Waals surface area contributed by atoms with Gasteiger partial charge < -0.3 is 36.0 Å². The molecule has 0 bridgehead atoms. The Morgan fingerprint density at radius 1 is 0.449 bits per heavy atom. The molecule has 2 rings (SSSR count). The van der Waals surface area contributed by atoms with E-state index in [1.165, 1.54) is 14.2 Å². The predicted molar refractivity (Wildman–Crippen MR) is 308 cm³/mol. The first-order valence-corrected chi connectivity index (χ1v) is 47.8. The van der Waals surface area contributed by atoms with Gasteiger partial charge in [0.15, 0.2) is 49.9 Å². The number of methoxy groups -OCH3 is 2. The van der Waals surface area contributed by atoms with E-state index in [2.05, 4.69) is 199 Å². The standard InChI is InChI=1S/C24H50O5Si3.C21H46O4Si3.C6H14O2Si/c1-23(2,3)31(11,12)27-19-15-18(17-21(25)26-7)16-20(22(19)29-30(8,9)10)28-32(13,14)24(4,5)6;1-20(2,3)27(10,11)23-17-14-16(22)15-18(19(17)25-26(7,8)9)24-28(12,13)21(4,5)6;1-8-6(7)5-9(2,3)4/h17,19-20,22H,15-16H2,1-14H3;17-19H,14-15H2,1-13H3;5H2,1-4H3. The van der Waals surface area contributed by atoms with Crippen LogP contribution in [0.3, 0.4) is 0 Å². The van der Waals surface area contributed by atoms with Crippen molar-refractivity contribution in [2.45, 2.75) is 283 Å². The molecule has 0 aromatic heterocycles. The lowest BCUT2D eigenvalue weighted by atomic mass is 9.87. The van der Waals surface area contributed by atoms with Crippen molar-refractivity contribution < 1.29 is 50.4 Å². The second kappa shape index (κ2) is 25.0. The van der Waals surface area contributed by atoms with Crippen molar-refractivity contribution in [2.24, 2.45) is 0 Å². The van der Waals surface area contributed by atoms with Crippen LogP contribution in [0.25, 0.3) is 0 Å². The van der Waals surface area contributed by atoms with Crippen LogP contribution in [0.1, 0.15) is 109 Å². The Morgan fingerprint density at radius 3 is 0.899 bits per heavy atom. The molecule has 0 amide bonds. The number of hydrogen-bond donors (Lipinski definition) is 0. The third-order valence-corrected chi connectivity index (χ3v) is 36.0. The van der Waals surface area contributed by atoms with Gasteiger partial charge >= 0.3 is 11.9 Å². The summed E-state index contributed by atoms with van der Waals surface area (Å²) in [7, 11) is -10.2. The maximum Gasteiger partial charge on any atom is 0.330 e. The van der Waals surface area contributed by atoms with Crippen LogP contribution < -0.4 is 0 Å². The molecule has 11 nitrogen and oxygen atoms in total. The zero-order chi connectivity index (χ0) is 55.2. The van der Waals surface area contributed by atoms with Crippen molar-refractivity contribution in [3.63, 3.8) is 0 Å². The fraction of sp³-hybridized carbons (Fsp3) is 0.902. The minimum Gasteiger partial charge on any atom is -0.469 e. The normalized spacial score (nSPS) is 23.0. The molecule has 2 saturated carbocycles. The van der Waals surface area contributed by atoms with E-state index in [9.17, 15) is 14.4 Å². The highest BCUT2D eigenvalue weighted by molar-refractivity contribution is 6.78. The van der Waals surface area contributed by atoms with E-state index in [1.807, 2.05) is 0 Å². The lowest BCUT2D eigenvalue weighted by Crippen LogP contribution is -2.59. The Labute approximate surface area is 432 Å². The van der Waals surface area contributed by atoms with Crippen LogP contribution in [-0.4, -0.2) is 127 Å². The van der Waals surface area contributed by atoms with E-state index in [0.29, 0.717) is 31.7 Å². The maximum absolute atomic E-state index is 12.7. The molecule has 408 valence electrons. The summed E-state index contributed by atoms with van der Waals surface area (Å²) >= 11 is 0. The van der Waals surface area contributed by atoms with Crippen LogP contribution in [0.2, 0.25) is 137 Å². The molecule has 18 heteroatoms. The quantitative estimate of drug-likeness (QED) is 0.0884. The molecule has 0 heterocycles. The Balaban J connectivity index is 0.00000114. The van der Waals surface area contributed by atoms with Crippen LogP contribution in [0, 0.1) is 0 Å². The minimum absolute atomic E-state index is 0.0748. The highest BCUT2D eigenvalue weighted by atomic mass is 28.4. The number of Topliss-reactive ketones (excluding diaryl/α,β-unsaturated/α-hetero) is 1. The smallest absolute Gasteiger partial charge is 0.330 e. The molecule has 2 fully saturated rings. The van der Waals surface area contributed by atoms with Crippen molar-refractivity contribution in [3.05, 3.63) is 11.6 Å². The molecule has 4 atom stereocenters. The van der Waals surface area contributed by atoms with Gasteiger partial charge in [-0.05, 0) is 125 Å². The van der Waals surface area contributed by atoms with Crippen LogP contribution in [0.15, 0.2) is 11.6 Å². The van der Waals surface area contributed by atoms with E-state index in [1.54, 1.807) is 6.08 Å². The molecular formula is C51H110O11Si7. The van der Waals surface area contributed by atoms with Crippen molar-refractivity contribution in [3.8, 4) is 0 Å². The van der Waals surface area contributed by atoms with Gasteiger partial charge in [0.1, 0.15) is 5.78 Å². The summed E-state index contributed by atoms with van der Waals surface area (Å²) in [6.45, 7) is 64.8. The molecule has 0 saturated heterocycles. The molecule has 0 aromatic carbocycles. The monoisotopic (exact) mass is 1090 g/mol. The van der Waals surface area contributed by atoms with Gasteiger partial charge in [-0.25, -0.2) is 4.79 Å². The Kier molecular flexibility index (Phi) is 24.8. The second-order valence-corrected chi connectivity index (χ2v) is 62.5. The summed E-state index contributed by atoms with van der Waals surface area (Å²) in [6.07, 6.45) is 2.89. The summed E-state index contributed by atoms with van der Waals surface area (Å²) in [5.41, 5.74) is 1.03. The summed E-state index contributed by atoms with van der Waals surface area (Å²) in [5, 5.41) is 0.340. The van der Waals surface area contributed by atoms with Gasteiger partial charge in [0.25, 0.3) is 0 Å². The number of esters is 2. The highest BCUT2D eigenvalue weighted by Gasteiger charge is 2.51. The number of carbonyl (C=O) groups is 3. The van der Waals surface area contributed by atoms with Crippen molar-refractivity contribution in [1.29, 1.82) is 0 Å². The SMILES string of the molecule is CC(C)(C)[Si](C)(C)OC1CC(=O)CC(O[Si](C)(C)C(C)(C)C)C1O[Si](C)(C)C.COC(=O)C=C1CC(O[Si](C)(C)C(C)(C)C)C(O[Si](C)(C)C)C(O[Si](C)(C)C(C)(C)C)C1.COC(=O)C[Si](C)(C)C. The largest absolute Gasteiger partial charge is 0.469 e. The van der Waals surface area contributed by atoms with Crippen LogP contribution in [0.5, 0.6) is 0 Å². The lowest BCUT2D eigenvalue weighted by molar-refractivity contribution is -0.138. The molecule has 4 unspecified atom stereocenters. The molecule has 0 spiro atoms. The average Bonchev–Trinajstić information content (AvgIpc) is 3.07. The predicted octanol–water partition coefficient (Wildman–Crippen LogP) is 14.7. The number of hydrogen-bond acceptors (Lipinski definition) is 11. The number of rotatable bonds is 15. The molecule has 0 radical (unpaired) electrons. The van der Waals surface area contributed by atoms with Crippen LogP contribution in [-0.2, 0) is 50.4 Å². The van der Waals surface area contributed by atoms with E-state index in [4.69, 9.17) is 31.3 Å². The zero-order valence-electron chi connectivity index (χ0n) is 50.6. The summed E-state index contributed by atoms with van der Waals surface area (Å²) in [4.78, 5) is 35.4. The lowest BCUT2D eigenvalue weighted by Gasteiger charge is -2.49. The molecule has 0 aromatic rings. The van der Waals surface area contributed by atoms with Crippen molar-refractivity contribution in [2.75, 3.05) is 14.2 Å². The van der Waals surface area contributed by atoms with Gasteiger partial charge in [0, 0.05) is 25.0 Å². The Hall–Kier alpha value is -0.372. The summed E-state index contributed by atoms with van der Waals surface area (Å²) in [6, 6.07) is 0.628. The highest BCUT2D eigenvalue weighted by Crippen LogP contribution is 2.46. The van der Waals surface area contributed by atoms with E-state index >= 15 is 0 Å². The third-order valence-electron chi connectivity index (χ3n) is 14.7. The van der Waals surface area contributed by atoms with Gasteiger partial charge in [-0.3, -0.25) is 9.59 Å². The van der Waals surface area contributed by atoms with Gasteiger partial charge in [0.05, 0.1) is 58.9 Å². The Morgan fingerprint density at radius 2 is 0.710 bits per heavy atom. The topological polar surface area (TPSA) is 125 Å². The van der Waals surface area contributed by atoms with Crippen molar-refractivity contribution >= 4 is 75.7 Å². The number of carbonyl (C=O) groups excluding carboxylic acids is 3. The van der Waals surface area contributed by atoms with E-state index in [-0.39, 0.29) is 74.5 Å². The van der Waals surface area contributed by atoms with Crippen LogP contribution >= 0.6 is 0 Å². The summed E-state index contributed by atoms with van der Waals surface area (Å²) in [5.74, 6) is -0.154. The number of ether oxygens (including phenoxy) is 2. The summed E-state index contributed by atoms with van der Waals surface area (Å²) < 4.78 is 50.3. The minimum atomic E-state index is -2.06. The maximum atomic E-state index is 12.7. The second-order valence-electron chi connectivity index (χ2n) is 29.1. The van der Waals surface area contributed by atoms with Gasteiger partial charge in [-0.1, -0.05) is 108 Å². The first-order valence-electron chi connectivity index (χ1n) is 25.6. The first kappa shape index (κ1) is 68.6. The van der Waals surface area contributed by atoms with Gasteiger partial charge in [0.2, 0.25) is 0 Å². The molecule has 0 aliphatic heterocycles. The molecule has 69 heavy (non-hydrogen) atoms.